The highest BCUT2D eigenvalue weighted by molar-refractivity contribution is 7.80. The van der Waals surface area contributed by atoms with Gasteiger partial charge in [-0.2, -0.15) is 0 Å². The fourth-order valence-corrected chi connectivity index (χ4v) is 3.08. The molecule has 0 radical (unpaired) electrons. The third kappa shape index (κ3) is 2.57. The van der Waals surface area contributed by atoms with Crippen molar-refractivity contribution in [3.05, 3.63) is 28.2 Å². The first-order valence-electron chi connectivity index (χ1n) is 5.92. The van der Waals surface area contributed by atoms with Gasteiger partial charge in [0.05, 0.1) is 26.1 Å². The highest BCUT2D eigenvalue weighted by Gasteiger charge is 2.50. The van der Waals surface area contributed by atoms with Crippen molar-refractivity contribution < 1.29 is 4.79 Å². The lowest BCUT2D eigenvalue weighted by Crippen LogP contribution is -2.53. The first-order valence-corrected chi connectivity index (χ1v) is 7.08. The van der Waals surface area contributed by atoms with Crippen LogP contribution < -0.4 is 11.1 Å². The molecule has 1 aromatic rings. The van der Waals surface area contributed by atoms with E-state index in [2.05, 4.69) is 12.2 Å². The normalized spacial score (nSPS) is 25.5. The van der Waals surface area contributed by atoms with Gasteiger partial charge in [-0.05, 0) is 30.9 Å². The Bertz CT molecular complexity index is 541. The van der Waals surface area contributed by atoms with Gasteiger partial charge in [0, 0.05) is 0 Å². The van der Waals surface area contributed by atoms with Crippen LogP contribution in [0.1, 0.15) is 19.8 Å². The molecular weight excluding hydrogens is 303 g/mol. The van der Waals surface area contributed by atoms with E-state index in [1.54, 1.807) is 18.2 Å². The molecule has 3 N–H and O–H groups in total. The van der Waals surface area contributed by atoms with Crippen LogP contribution in [0, 0.1) is 11.3 Å². The van der Waals surface area contributed by atoms with E-state index in [9.17, 15) is 4.79 Å². The molecule has 19 heavy (non-hydrogen) atoms. The van der Waals surface area contributed by atoms with Crippen molar-refractivity contribution in [3.8, 4) is 0 Å². The summed E-state index contributed by atoms with van der Waals surface area (Å²) >= 11 is 17.0. The second-order valence-corrected chi connectivity index (χ2v) is 6.24. The molecule has 0 saturated heterocycles. The van der Waals surface area contributed by atoms with Gasteiger partial charge in [-0.25, -0.2) is 0 Å². The minimum Gasteiger partial charge on any atom is -0.392 e. The maximum Gasteiger partial charge on any atom is 0.237 e. The summed E-state index contributed by atoms with van der Waals surface area (Å²) in [5, 5.41) is 3.49. The number of anilines is 1. The number of rotatable bonds is 3. The van der Waals surface area contributed by atoms with Crippen molar-refractivity contribution >= 4 is 52.0 Å². The molecule has 0 aromatic heterocycles. The Morgan fingerprint density at radius 3 is 2.63 bits per heavy atom. The number of carbonyl (C=O) groups excluding carboxylic acids is 1. The van der Waals surface area contributed by atoms with Crippen LogP contribution in [-0.4, -0.2) is 10.9 Å². The van der Waals surface area contributed by atoms with Gasteiger partial charge in [0.15, 0.2) is 0 Å². The molecule has 1 aliphatic carbocycles. The Morgan fingerprint density at radius 1 is 1.47 bits per heavy atom. The van der Waals surface area contributed by atoms with E-state index in [-0.39, 0.29) is 10.9 Å². The van der Waals surface area contributed by atoms with Crippen LogP contribution in [0.4, 0.5) is 5.69 Å². The molecular formula is C13H14Cl2N2OS. The van der Waals surface area contributed by atoms with Gasteiger partial charge in [0.1, 0.15) is 0 Å². The average molecular weight is 317 g/mol. The maximum atomic E-state index is 12.4. The SMILES string of the molecule is CC1CC(C(=O)Nc2cccc(Cl)c2Cl)(C(N)=S)C1. The van der Waals surface area contributed by atoms with Crippen molar-refractivity contribution in [2.45, 2.75) is 19.8 Å². The summed E-state index contributed by atoms with van der Waals surface area (Å²) in [7, 11) is 0. The lowest BCUT2D eigenvalue weighted by Gasteiger charge is -2.44. The molecule has 0 spiro atoms. The Balaban J connectivity index is 2.21. The number of halogens is 2. The topological polar surface area (TPSA) is 55.1 Å². The lowest BCUT2D eigenvalue weighted by molar-refractivity contribution is -0.127. The Labute approximate surface area is 127 Å². The molecule has 1 fully saturated rings. The zero-order chi connectivity index (χ0) is 14.2. The Kier molecular flexibility index (Phi) is 4.04. The largest absolute Gasteiger partial charge is 0.392 e. The Morgan fingerprint density at radius 2 is 2.11 bits per heavy atom. The van der Waals surface area contributed by atoms with E-state index >= 15 is 0 Å². The molecule has 0 atom stereocenters. The molecule has 0 unspecified atom stereocenters. The summed E-state index contributed by atoms with van der Waals surface area (Å²) in [6, 6.07) is 5.08. The Hall–Kier alpha value is -0.840. The van der Waals surface area contributed by atoms with Crippen LogP contribution in [0.2, 0.25) is 10.0 Å². The van der Waals surface area contributed by atoms with E-state index in [0.29, 0.717) is 34.5 Å². The van der Waals surface area contributed by atoms with E-state index < -0.39 is 5.41 Å². The minimum atomic E-state index is -0.750. The van der Waals surface area contributed by atoms with Gasteiger partial charge in [-0.3, -0.25) is 4.79 Å². The smallest absolute Gasteiger partial charge is 0.237 e. The van der Waals surface area contributed by atoms with Gasteiger partial charge < -0.3 is 11.1 Å². The second-order valence-electron chi connectivity index (χ2n) is 5.02. The number of thiocarbonyl (C=S) groups is 1. The fourth-order valence-electron chi connectivity index (χ4n) is 2.47. The average Bonchev–Trinajstić information content (AvgIpc) is 2.30. The van der Waals surface area contributed by atoms with Crippen LogP contribution in [-0.2, 0) is 4.79 Å². The van der Waals surface area contributed by atoms with Crippen LogP contribution in [0.5, 0.6) is 0 Å². The highest BCUT2D eigenvalue weighted by atomic mass is 35.5. The summed E-state index contributed by atoms with van der Waals surface area (Å²) < 4.78 is 0. The van der Waals surface area contributed by atoms with E-state index in [1.165, 1.54) is 0 Å². The van der Waals surface area contributed by atoms with Crippen molar-refractivity contribution in [2.24, 2.45) is 17.1 Å². The molecule has 0 heterocycles. The summed E-state index contributed by atoms with van der Waals surface area (Å²) in [6.07, 6.45) is 1.35. The first kappa shape index (κ1) is 14.6. The van der Waals surface area contributed by atoms with E-state index in [1.807, 2.05) is 0 Å². The number of hydrogen-bond acceptors (Lipinski definition) is 2. The monoisotopic (exact) mass is 316 g/mol. The van der Waals surface area contributed by atoms with Crippen molar-refractivity contribution in [2.75, 3.05) is 5.32 Å². The van der Waals surface area contributed by atoms with Gasteiger partial charge in [-0.15, -0.1) is 0 Å². The molecule has 1 saturated carbocycles. The molecule has 1 aromatic carbocycles. The lowest BCUT2D eigenvalue weighted by atomic mass is 9.62. The van der Waals surface area contributed by atoms with E-state index in [0.717, 1.165) is 0 Å². The van der Waals surface area contributed by atoms with E-state index in [4.69, 9.17) is 41.2 Å². The third-order valence-corrected chi connectivity index (χ3v) is 4.71. The van der Waals surface area contributed by atoms with Crippen LogP contribution in [0.25, 0.3) is 0 Å². The van der Waals surface area contributed by atoms with Gasteiger partial charge in [-0.1, -0.05) is 48.4 Å². The molecule has 0 bridgehead atoms. The zero-order valence-corrected chi connectivity index (χ0v) is 12.7. The van der Waals surface area contributed by atoms with Crippen molar-refractivity contribution in [1.82, 2.24) is 0 Å². The minimum absolute atomic E-state index is 0.206. The number of nitrogens with one attached hydrogen (secondary N) is 1. The second kappa shape index (κ2) is 5.27. The van der Waals surface area contributed by atoms with Crippen molar-refractivity contribution in [1.29, 1.82) is 0 Å². The predicted molar refractivity (Wildman–Crippen MR) is 82.7 cm³/mol. The van der Waals surface area contributed by atoms with Gasteiger partial charge in [0.25, 0.3) is 0 Å². The van der Waals surface area contributed by atoms with Crippen LogP contribution in [0.15, 0.2) is 18.2 Å². The molecule has 102 valence electrons. The number of benzene rings is 1. The number of nitrogens with two attached hydrogens (primary N) is 1. The molecule has 1 aliphatic rings. The fraction of sp³-hybridized carbons (Fsp3) is 0.385. The van der Waals surface area contributed by atoms with Gasteiger partial charge >= 0.3 is 0 Å². The van der Waals surface area contributed by atoms with Crippen molar-refractivity contribution in [3.63, 3.8) is 0 Å². The highest BCUT2D eigenvalue weighted by Crippen LogP contribution is 2.47. The van der Waals surface area contributed by atoms with Crippen LogP contribution in [0.3, 0.4) is 0 Å². The number of amides is 1. The molecule has 1 amide bonds. The maximum absolute atomic E-state index is 12.4. The molecule has 0 aliphatic heterocycles. The molecule has 2 rings (SSSR count). The van der Waals surface area contributed by atoms with Gasteiger partial charge in [0.2, 0.25) is 5.91 Å². The summed E-state index contributed by atoms with van der Waals surface area (Å²) in [5.74, 6) is 0.240. The number of carbonyl (C=O) groups is 1. The summed E-state index contributed by atoms with van der Waals surface area (Å²) in [6.45, 7) is 2.07. The predicted octanol–water partition coefficient (Wildman–Crippen LogP) is 3.63. The third-order valence-electron chi connectivity index (χ3n) is 3.50. The molecule has 6 heteroatoms. The molecule has 3 nitrogen and oxygen atoms in total. The number of hydrogen-bond donors (Lipinski definition) is 2. The quantitative estimate of drug-likeness (QED) is 0.837. The standard InChI is InChI=1S/C13H14Cl2N2OS/c1-7-5-13(6-7,11(16)19)12(18)17-9-4-2-3-8(14)10(9)15/h2-4,7H,5-6H2,1H3,(H2,16,19)(H,17,18). The first-order chi connectivity index (χ1) is 8.86. The zero-order valence-electron chi connectivity index (χ0n) is 10.4. The summed E-state index contributed by atoms with van der Waals surface area (Å²) in [4.78, 5) is 12.6. The summed E-state index contributed by atoms with van der Waals surface area (Å²) in [5.41, 5.74) is 5.46. The van der Waals surface area contributed by atoms with Crippen LogP contribution >= 0.6 is 35.4 Å².